The van der Waals surface area contributed by atoms with Crippen molar-refractivity contribution in [2.45, 2.75) is 44.6 Å². The fourth-order valence-corrected chi connectivity index (χ4v) is 5.50. The lowest BCUT2D eigenvalue weighted by Gasteiger charge is -2.21. The first-order chi connectivity index (χ1) is 19.4. The molecule has 8 nitrogen and oxygen atoms in total. The van der Waals surface area contributed by atoms with E-state index in [2.05, 4.69) is 16.7 Å². The Balaban J connectivity index is 1.18. The van der Waals surface area contributed by atoms with Crippen molar-refractivity contribution in [3.05, 3.63) is 83.3 Å². The summed E-state index contributed by atoms with van der Waals surface area (Å²) >= 11 is 0. The molecule has 2 amide bonds. The molecule has 2 atom stereocenters. The Morgan fingerprint density at radius 2 is 1.98 bits per heavy atom. The van der Waals surface area contributed by atoms with Crippen LogP contribution in [0.25, 0.3) is 11.1 Å². The van der Waals surface area contributed by atoms with E-state index in [4.69, 9.17) is 4.98 Å². The summed E-state index contributed by atoms with van der Waals surface area (Å²) in [6.07, 6.45) is 3.70. The Bertz CT molecular complexity index is 1400. The van der Waals surface area contributed by atoms with Gasteiger partial charge in [0.1, 0.15) is 11.6 Å². The Morgan fingerprint density at radius 3 is 2.75 bits per heavy atom. The van der Waals surface area contributed by atoms with Crippen molar-refractivity contribution in [3.63, 3.8) is 0 Å². The molecule has 0 spiro atoms. The first-order valence-corrected chi connectivity index (χ1v) is 13.7. The number of carbonyl (C=O) groups is 3. The number of aryl methyl sites for hydroxylation is 2. The van der Waals surface area contributed by atoms with Gasteiger partial charge in [-0.1, -0.05) is 48.5 Å². The second kappa shape index (κ2) is 12.3. The number of hydrogen-bond donors (Lipinski definition) is 3. The van der Waals surface area contributed by atoms with Crippen LogP contribution in [0.15, 0.2) is 60.7 Å². The Hall–Kier alpha value is -4.27. The van der Waals surface area contributed by atoms with Crippen LogP contribution < -0.4 is 10.6 Å². The van der Waals surface area contributed by atoms with E-state index < -0.39 is 30.2 Å². The van der Waals surface area contributed by atoms with Crippen LogP contribution in [0.3, 0.4) is 0 Å². The monoisotopic (exact) mass is 544 g/mol. The van der Waals surface area contributed by atoms with E-state index in [1.54, 1.807) is 24.3 Å². The number of carboxylic acid groups (broad SMARTS) is 1. The maximum atomic E-state index is 15.0. The Morgan fingerprint density at radius 1 is 1.15 bits per heavy atom. The molecule has 1 aromatic heterocycles. The second-order valence-corrected chi connectivity index (χ2v) is 10.4. The SMILES string of the molecule is O=C(O)C[C@H](NC(=O)CN1CC[C@H](CCc2ccc3c(n2)NCCC3)C1=O)c1ccc(-c2ccccc2)c(F)c1. The van der Waals surface area contributed by atoms with Gasteiger partial charge in [0.15, 0.2) is 0 Å². The van der Waals surface area contributed by atoms with Crippen LogP contribution >= 0.6 is 0 Å². The van der Waals surface area contributed by atoms with Gasteiger partial charge in [0.05, 0.1) is 19.0 Å². The highest BCUT2D eigenvalue weighted by Gasteiger charge is 2.33. The number of nitrogens with zero attached hydrogens (tertiary/aromatic N) is 2. The summed E-state index contributed by atoms with van der Waals surface area (Å²) in [6, 6.07) is 16.7. The van der Waals surface area contributed by atoms with E-state index in [9.17, 15) is 23.9 Å². The van der Waals surface area contributed by atoms with Crippen molar-refractivity contribution in [2.75, 3.05) is 25.0 Å². The average Bonchev–Trinajstić information content (AvgIpc) is 3.30. The second-order valence-electron chi connectivity index (χ2n) is 10.4. The highest BCUT2D eigenvalue weighted by Crippen LogP contribution is 2.28. The topological polar surface area (TPSA) is 112 Å². The number of pyridine rings is 1. The van der Waals surface area contributed by atoms with Crippen LogP contribution in [0.2, 0.25) is 0 Å². The van der Waals surface area contributed by atoms with Gasteiger partial charge in [0.25, 0.3) is 0 Å². The van der Waals surface area contributed by atoms with Crippen molar-refractivity contribution in [3.8, 4) is 11.1 Å². The van der Waals surface area contributed by atoms with E-state index >= 15 is 0 Å². The first-order valence-electron chi connectivity index (χ1n) is 13.7. The summed E-state index contributed by atoms with van der Waals surface area (Å²) < 4.78 is 15.0. The van der Waals surface area contributed by atoms with Crippen molar-refractivity contribution >= 4 is 23.6 Å². The predicted molar refractivity (Wildman–Crippen MR) is 149 cm³/mol. The maximum absolute atomic E-state index is 15.0. The number of rotatable bonds is 10. The van der Waals surface area contributed by atoms with Gasteiger partial charge in [-0.05, 0) is 60.9 Å². The van der Waals surface area contributed by atoms with Crippen molar-refractivity contribution < 1.29 is 23.9 Å². The van der Waals surface area contributed by atoms with Crippen LogP contribution in [0.4, 0.5) is 10.2 Å². The zero-order chi connectivity index (χ0) is 28.1. The van der Waals surface area contributed by atoms with E-state index in [1.165, 1.54) is 16.5 Å². The number of carbonyl (C=O) groups excluding carboxylic acids is 2. The number of hydrogen-bond acceptors (Lipinski definition) is 5. The summed E-state index contributed by atoms with van der Waals surface area (Å²) in [5.74, 6) is -1.44. The number of benzene rings is 2. The average molecular weight is 545 g/mol. The lowest BCUT2D eigenvalue weighted by molar-refractivity contribution is -0.138. The van der Waals surface area contributed by atoms with Gasteiger partial charge < -0.3 is 20.6 Å². The lowest BCUT2D eigenvalue weighted by atomic mass is 9.98. The quantitative estimate of drug-likeness (QED) is 0.350. The predicted octanol–water partition coefficient (Wildman–Crippen LogP) is 4.36. The number of halogens is 1. The molecular formula is C31H33FN4O4. The first kappa shape index (κ1) is 27.3. The smallest absolute Gasteiger partial charge is 0.305 e. The van der Waals surface area contributed by atoms with E-state index in [-0.39, 0.29) is 18.4 Å². The van der Waals surface area contributed by atoms with Gasteiger partial charge in [-0.15, -0.1) is 0 Å². The van der Waals surface area contributed by atoms with Crippen molar-refractivity contribution in [1.29, 1.82) is 0 Å². The normalized spacial score (nSPS) is 17.2. The third-order valence-electron chi connectivity index (χ3n) is 7.64. The van der Waals surface area contributed by atoms with Crippen LogP contribution in [0, 0.1) is 11.7 Å². The van der Waals surface area contributed by atoms with E-state index in [1.807, 2.05) is 24.3 Å². The molecule has 1 saturated heterocycles. The number of likely N-dealkylation sites (tertiary alicyclic amines) is 1. The molecule has 2 aliphatic rings. The molecule has 2 aromatic carbocycles. The zero-order valence-corrected chi connectivity index (χ0v) is 22.2. The molecule has 0 unspecified atom stereocenters. The Labute approximate surface area is 232 Å². The molecule has 3 N–H and O–H groups in total. The van der Waals surface area contributed by atoms with Gasteiger partial charge in [0.2, 0.25) is 11.8 Å². The molecule has 0 radical (unpaired) electrons. The molecule has 40 heavy (non-hydrogen) atoms. The highest BCUT2D eigenvalue weighted by molar-refractivity contribution is 5.87. The van der Waals surface area contributed by atoms with E-state index in [0.717, 1.165) is 30.9 Å². The summed E-state index contributed by atoms with van der Waals surface area (Å²) in [7, 11) is 0. The molecule has 208 valence electrons. The van der Waals surface area contributed by atoms with Gasteiger partial charge in [-0.3, -0.25) is 14.4 Å². The van der Waals surface area contributed by atoms with Gasteiger partial charge in [-0.25, -0.2) is 9.37 Å². The van der Waals surface area contributed by atoms with Crippen molar-refractivity contribution in [1.82, 2.24) is 15.2 Å². The van der Waals surface area contributed by atoms with Crippen LogP contribution in [-0.4, -0.2) is 52.4 Å². The lowest BCUT2D eigenvalue weighted by Crippen LogP contribution is -2.40. The molecule has 3 heterocycles. The summed E-state index contributed by atoms with van der Waals surface area (Å²) in [5.41, 5.74) is 3.61. The number of aliphatic carboxylic acids is 1. The zero-order valence-electron chi connectivity index (χ0n) is 22.2. The number of anilines is 1. The summed E-state index contributed by atoms with van der Waals surface area (Å²) in [5, 5.41) is 15.5. The summed E-state index contributed by atoms with van der Waals surface area (Å²) in [4.78, 5) is 43.7. The maximum Gasteiger partial charge on any atom is 0.305 e. The third-order valence-corrected chi connectivity index (χ3v) is 7.64. The minimum Gasteiger partial charge on any atom is -0.481 e. The van der Waals surface area contributed by atoms with Gasteiger partial charge in [0, 0.05) is 30.3 Å². The summed E-state index contributed by atoms with van der Waals surface area (Å²) in [6.45, 7) is 1.21. The number of nitrogens with one attached hydrogen (secondary N) is 2. The third kappa shape index (κ3) is 6.47. The van der Waals surface area contributed by atoms with Crippen LogP contribution in [0.5, 0.6) is 0 Å². The minimum atomic E-state index is -1.12. The molecule has 1 fully saturated rings. The fraction of sp³-hybridized carbons (Fsp3) is 0.355. The Kier molecular flexibility index (Phi) is 8.38. The molecular weight excluding hydrogens is 511 g/mol. The molecule has 5 rings (SSSR count). The molecule has 9 heteroatoms. The number of amides is 2. The number of aromatic nitrogens is 1. The van der Waals surface area contributed by atoms with Gasteiger partial charge >= 0.3 is 5.97 Å². The molecule has 3 aromatic rings. The minimum absolute atomic E-state index is 0.0840. The van der Waals surface area contributed by atoms with E-state index in [0.29, 0.717) is 42.5 Å². The number of fused-ring (bicyclic) bond motifs is 1. The molecule has 2 aliphatic heterocycles. The molecule has 0 saturated carbocycles. The largest absolute Gasteiger partial charge is 0.481 e. The van der Waals surface area contributed by atoms with Gasteiger partial charge in [-0.2, -0.15) is 0 Å². The molecule has 0 bridgehead atoms. The standard InChI is InChI=1S/C31H33FN4O4/c32-26-17-23(10-13-25(26)20-5-2-1-3-6-20)27(18-29(38)39)35-28(37)19-36-16-14-22(31(36)40)9-12-24-11-8-21-7-4-15-33-30(21)34-24/h1-3,5-6,8,10-11,13,17,22,27H,4,7,9,12,14-16,18-19H2,(H,33,34)(H,35,37)(H,38,39)/t22-,27-/m0/s1. The molecule has 0 aliphatic carbocycles. The number of carboxylic acids is 1. The fourth-order valence-electron chi connectivity index (χ4n) is 5.50. The van der Waals surface area contributed by atoms with Crippen molar-refractivity contribution in [2.24, 2.45) is 5.92 Å². The van der Waals surface area contributed by atoms with Crippen LogP contribution in [0.1, 0.15) is 48.5 Å². The van der Waals surface area contributed by atoms with Crippen LogP contribution in [-0.2, 0) is 27.2 Å². The highest BCUT2D eigenvalue weighted by atomic mass is 19.1.